The number of carbonyl (C=O) groups excluding carboxylic acids is 1. The van der Waals surface area contributed by atoms with Crippen LogP contribution in [-0.4, -0.2) is 19.7 Å². The lowest BCUT2D eigenvalue weighted by Crippen LogP contribution is -2.21. The Morgan fingerprint density at radius 3 is 2.71 bits per heavy atom. The molecule has 0 saturated heterocycles. The lowest BCUT2D eigenvalue weighted by molar-refractivity contribution is -0.136. The minimum atomic E-state index is -0.570. The lowest BCUT2D eigenvalue weighted by Gasteiger charge is -2.23. The van der Waals surface area contributed by atoms with Gasteiger partial charge in [0.25, 0.3) is 0 Å². The number of nitrogens with two attached hydrogens (primary N) is 1. The molecule has 6 heteroatoms. The summed E-state index contributed by atoms with van der Waals surface area (Å²) in [5.41, 5.74) is 7.08. The molecule has 2 N–H and O–H groups in total. The van der Waals surface area contributed by atoms with Gasteiger partial charge in [-0.2, -0.15) is 5.26 Å². The van der Waals surface area contributed by atoms with Gasteiger partial charge in [0.05, 0.1) is 18.6 Å². The number of hydrogen-bond donors (Lipinski definition) is 1. The highest BCUT2D eigenvalue weighted by molar-refractivity contribution is 5.94. The summed E-state index contributed by atoms with van der Waals surface area (Å²) in [6.45, 7) is 0.0419. The molecule has 0 spiro atoms. The van der Waals surface area contributed by atoms with E-state index < -0.39 is 11.9 Å². The molecule has 106 valence electrons. The Kier molecular flexibility index (Phi) is 3.03. The minimum Gasteiger partial charge on any atom is -0.497 e. The number of methoxy groups -OCH3 is 1. The molecule has 1 unspecified atom stereocenters. The molecule has 2 heterocycles. The number of hydrogen-bond acceptors (Lipinski definition) is 6. The van der Waals surface area contributed by atoms with Gasteiger partial charge in [-0.3, -0.25) is 0 Å². The standard InChI is InChI=1S/C15H12N2O4/c1-19-9-4-2-8(3-5-9)12-10(6-16)14(17)21-11-7-20-15(18)13(11)12/h2-5,12H,7,17H2,1H3. The van der Waals surface area contributed by atoms with Gasteiger partial charge in [0.1, 0.15) is 24.0 Å². The molecule has 2 aliphatic heterocycles. The molecule has 6 nitrogen and oxygen atoms in total. The zero-order valence-electron chi connectivity index (χ0n) is 11.3. The van der Waals surface area contributed by atoms with Crippen LogP contribution in [0, 0.1) is 11.3 Å². The van der Waals surface area contributed by atoms with Crippen molar-refractivity contribution in [2.24, 2.45) is 5.73 Å². The normalized spacial score (nSPS) is 20.6. The van der Waals surface area contributed by atoms with Crippen molar-refractivity contribution in [1.82, 2.24) is 0 Å². The van der Waals surface area contributed by atoms with Crippen molar-refractivity contribution in [2.75, 3.05) is 13.7 Å². The number of cyclic esters (lactones) is 1. The predicted octanol–water partition coefficient (Wildman–Crippen LogP) is 1.31. The average molecular weight is 284 g/mol. The second-order valence-electron chi connectivity index (χ2n) is 4.61. The molecular weight excluding hydrogens is 272 g/mol. The highest BCUT2D eigenvalue weighted by atomic mass is 16.6. The Bertz CT molecular complexity index is 710. The van der Waals surface area contributed by atoms with Gasteiger partial charge in [0.2, 0.25) is 5.88 Å². The van der Waals surface area contributed by atoms with Crippen LogP contribution in [-0.2, 0) is 14.3 Å². The number of ether oxygens (including phenoxy) is 3. The fourth-order valence-corrected chi connectivity index (χ4v) is 2.49. The van der Waals surface area contributed by atoms with Gasteiger partial charge in [-0.1, -0.05) is 12.1 Å². The molecule has 2 aliphatic rings. The summed E-state index contributed by atoms with van der Waals surface area (Å²) in [5.74, 6) is 0.0166. The van der Waals surface area contributed by atoms with Crippen molar-refractivity contribution >= 4 is 5.97 Å². The summed E-state index contributed by atoms with van der Waals surface area (Å²) < 4.78 is 15.4. The van der Waals surface area contributed by atoms with Crippen LogP contribution in [0.4, 0.5) is 0 Å². The molecule has 0 aromatic heterocycles. The second kappa shape index (κ2) is 4.87. The van der Waals surface area contributed by atoms with Crippen molar-refractivity contribution in [2.45, 2.75) is 5.92 Å². The maximum absolute atomic E-state index is 11.9. The number of esters is 1. The van der Waals surface area contributed by atoms with Gasteiger partial charge in [-0.25, -0.2) is 4.79 Å². The Labute approximate surface area is 121 Å². The first-order chi connectivity index (χ1) is 10.2. The summed E-state index contributed by atoms with van der Waals surface area (Å²) in [6, 6.07) is 9.12. The van der Waals surface area contributed by atoms with E-state index in [-0.39, 0.29) is 18.1 Å². The fourth-order valence-electron chi connectivity index (χ4n) is 2.49. The van der Waals surface area contributed by atoms with Crippen LogP contribution in [0.25, 0.3) is 0 Å². The van der Waals surface area contributed by atoms with Gasteiger partial charge in [-0.05, 0) is 17.7 Å². The number of nitrogens with zero attached hydrogens (tertiary/aromatic N) is 1. The molecule has 21 heavy (non-hydrogen) atoms. The van der Waals surface area contributed by atoms with Crippen molar-refractivity contribution in [3.05, 3.63) is 52.6 Å². The van der Waals surface area contributed by atoms with Crippen molar-refractivity contribution < 1.29 is 19.0 Å². The second-order valence-corrected chi connectivity index (χ2v) is 4.61. The average Bonchev–Trinajstić information content (AvgIpc) is 2.87. The molecule has 1 atom stereocenters. The van der Waals surface area contributed by atoms with E-state index >= 15 is 0 Å². The van der Waals surface area contributed by atoms with E-state index in [0.29, 0.717) is 17.1 Å². The van der Waals surface area contributed by atoms with Crippen LogP contribution in [0.1, 0.15) is 11.5 Å². The monoisotopic (exact) mass is 284 g/mol. The number of benzene rings is 1. The van der Waals surface area contributed by atoms with E-state index in [2.05, 4.69) is 0 Å². The number of rotatable bonds is 2. The van der Waals surface area contributed by atoms with Crippen LogP contribution >= 0.6 is 0 Å². The molecule has 0 radical (unpaired) electrons. The zero-order valence-corrected chi connectivity index (χ0v) is 11.3. The summed E-state index contributed by atoms with van der Waals surface area (Å²) >= 11 is 0. The molecule has 1 aromatic carbocycles. The number of carbonyl (C=O) groups is 1. The van der Waals surface area contributed by atoms with Gasteiger partial charge in [0, 0.05) is 0 Å². The predicted molar refractivity (Wildman–Crippen MR) is 71.6 cm³/mol. The molecule has 0 saturated carbocycles. The minimum absolute atomic E-state index is 0.00960. The third-order valence-electron chi connectivity index (χ3n) is 3.50. The van der Waals surface area contributed by atoms with Gasteiger partial charge < -0.3 is 19.9 Å². The van der Waals surface area contributed by atoms with Crippen LogP contribution in [0.15, 0.2) is 47.1 Å². The molecule has 1 aromatic rings. The smallest absolute Gasteiger partial charge is 0.339 e. The summed E-state index contributed by atoms with van der Waals surface area (Å²) in [6.07, 6.45) is 0. The highest BCUT2D eigenvalue weighted by Gasteiger charge is 2.41. The third kappa shape index (κ3) is 1.99. The molecule has 0 aliphatic carbocycles. The lowest BCUT2D eigenvalue weighted by atomic mass is 9.83. The zero-order chi connectivity index (χ0) is 15.0. The Morgan fingerprint density at radius 2 is 2.10 bits per heavy atom. The molecule has 0 amide bonds. The van der Waals surface area contributed by atoms with E-state index in [9.17, 15) is 10.1 Å². The topological polar surface area (TPSA) is 94.6 Å². The summed E-state index contributed by atoms with van der Waals surface area (Å²) in [5, 5.41) is 9.33. The SMILES string of the molecule is COc1ccc(C2C(C#N)=C(N)OC3=C2C(=O)OC3)cc1. The Balaban J connectivity index is 2.12. The third-order valence-corrected chi connectivity index (χ3v) is 3.50. The molecular formula is C15H12N2O4. The van der Waals surface area contributed by atoms with Gasteiger partial charge >= 0.3 is 5.97 Å². The van der Waals surface area contributed by atoms with Crippen molar-refractivity contribution in [3.63, 3.8) is 0 Å². The van der Waals surface area contributed by atoms with E-state index in [1.807, 2.05) is 6.07 Å². The maximum Gasteiger partial charge on any atom is 0.339 e. The Morgan fingerprint density at radius 1 is 1.38 bits per heavy atom. The first kappa shape index (κ1) is 13.1. The van der Waals surface area contributed by atoms with E-state index in [1.165, 1.54) is 0 Å². The quantitative estimate of drug-likeness (QED) is 0.823. The van der Waals surface area contributed by atoms with Crippen molar-refractivity contribution in [1.29, 1.82) is 5.26 Å². The first-order valence-electron chi connectivity index (χ1n) is 6.27. The number of allylic oxidation sites excluding steroid dienone is 1. The van der Waals surface area contributed by atoms with E-state index in [0.717, 1.165) is 5.56 Å². The van der Waals surface area contributed by atoms with E-state index in [4.69, 9.17) is 19.9 Å². The molecule has 0 bridgehead atoms. The van der Waals surface area contributed by atoms with Crippen LogP contribution in [0.2, 0.25) is 0 Å². The summed E-state index contributed by atoms with van der Waals surface area (Å²) in [7, 11) is 1.57. The number of nitriles is 1. The maximum atomic E-state index is 11.9. The fraction of sp³-hybridized carbons (Fsp3) is 0.200. The van der Waals surface area contributed by atoms with Crippen molar-refractivity contribution in [3.8, 4) is 11.8 Å². The van der Waals surface area contributed by atoms with Gasteiger partial charge in [-0.15, -0.1) is 0 Å². The van der Waals surface area contributed by atoms with Crippen LogP contribution in [0.3, 0.4) is 0 Å². The first-order valence-corrected chi connectivity index (χ1v) is 6.27. The highest BCUT2D eigenvalue weighted by Crippen LogP contribution is 2.42. The van der Waals surface area contributed by atoms with Crippen LogP contribution in [0.5, 0.6) is 5.75 Å². The summed E-state index contributed by atoms with van der Waals surface area (Å²) in [4.78, 5) is 11.9. The molecule has 3 rings (SSSR count). The molecule has 0 fully saturated rings. The van der Waals surface area contributed by atoms with Gasteiger partial charge in [0.15, 0.2) is 5.76 Å². The largest absolute Gasteiger partial charge is 0.497 e. The van der Waals surface area contributed by atoms with E-state index in [1.54, 1.807) is 31.4 Å². The van der Waals surface area contributed by atoms with Crippen LogP contribution < -0.4 is 10.5 Å². The Hall–Kier alpha value is -2.94.